The first-order valence-corrected chi connectivity index (χ1v) is 14.8. The molecule has 1 aliphatic carbocycles. The van der Waals surface area contributed by atoms with E-state index in [1.54, 1.807) is 31.1 Å². The van der Waals surface area contributed by atoms with Gasteiger partial charge in [-0.1, -0.05) is 53.5 Å². The van der Waals surface area contributed by atoms with Crippen LogP contribution in [0, 0.1) is 0 Å². The molecule has 0 unspecified atom stereocenters. The second kappa shape index (κ2) is 13.2. The molecule has 1 atom stereocenters. The Morgan fingerprint density at radius 2 is 1.76 bits per heavy atom. The lowest BCUT2D eigenvalue weighted by molar-refractivity contribution is -0.123. The summed E-state index contributed by atoms with van der Waals surface area (Å²) < 4.78 is 11.3. The fraction of sp³-hybridized carbons (Fsp3) is 0.294. The molecule has 1 fully saturated rings. The number of esters is 1. The van der Waals surface area contributed by atoms with Crippen molar-refractivity contribution in [1.29, 1.82) is 0 Å². The summed E-state index contributed by atoms with van der Waals surface area (Å²) in [4.78, 5) is 27.8. The van der Waals surface area contributed by atoms with Crippen molar-refractivity contribution < 1.29 is 19.1 Å². The molecule has 0 aromatic heterocycles. The van der Waals surface area contributed by atoms with Crippen LogP contribution in [-0.2, 0) is 16.0 Å². The molecular formula is C34H34Cl2N2O4. The number of amides is 1. The van der Waals surface area contributed by atoms with E-state index in [9.17, 15) is 9.59 Å². The Kier molecular flexibility index (Phi) is 9.37. The molecular weight excluding hydrogens is 571 g/mol. The van der Waals surface area contributed by atoms with E-state index in [2.05, 4.69) is 17.0 Å². The first kappa shape index (κ1) is 29.9. The SMILES string of the molecule is COC(=O)c1ccc2c(c1)CCC(c1ccc(Cl)cc1Cl)=C2c1ccc(O[C@H]2CCN(C/C=C/C(=O)N(C)C)C2)cc1. The standard InChI is InChI=1S/C34H34Cl2N2O4/c1-37(2)32(39)5-4-17-38-18-16-27(21-38)42-26-11-6-22(7-12-26)33-28-13-9-24(34(40)41-3)19-23(28)8-14-30(33)29-15-10-25(35)20-31(29)36/h4-7,9-13,15,19-20,27H,8,14,16-18,21H2,1-3H3/b5-4+/t27-/m0/s1. The molecule has 1 aliphatic heterocycles. The average molecular weight is 606 g/mol. The fourth-order valence-electron chi connectivity index (χ4n) is 5.57. The average Bonchev–Trinajstić information content (AvgIpc) is 3.43. The van der Waals surface area contributed by atoms with E-state index in [1.165, 1.54) is 7.11 Å². The van der Waals surface area contributed by atoms with Crippen LogP contribution in [0.4, 0.5) is 0 Å². The molecule has 1 amide bonds. The monoisotopic (exact) mass is 604 g/mol. The number of likely N-dealkylation sites (tertiary alicyclic amines) is 1. The van der Waals surface area contributed by atoms with E-state index in [0.29, 0.717) is 15.6 Å². The van der Waals surface area contributed by atoms with Crippen molar-refractivity contribution in [2.75, 3.05) is 40.8 Å². The second-order valence-electron chi connectivity index (χ2n) is 10.8. The Bertz CT molecular complexity index is 1550. The van der Waals surface area contributed by atoms with Crippen molar-refractivity contribution in [1.82, 2.24) is 9.80 Å². The highest BCUT2D eigenvalue weighted by Gasteiger charge is 2.26. The van der Waals surface area contributed by atoms with Crippen LogP contribution in [0.25, 0.3) is 11.1 Å². The molecule has 5 rings (SSSR count). The number of benzene rings is 3. The molecule has 8 heteroatoms. The number of allylic oxidation sites excluding steroid dienone is 1. The van der Waals surface area contributed by atoms with Gasteiger partial charge in [-0.2, -0.15) is 0 Å². The van der Waals surface area contributed by atoms with Gasteiger partial charge in [-0.3, -0.25) is 9.69 Å². The minimum Gasteiger partial charge on any atom is -0.489 e. The topological polar surface area (TPSA) is 59.1 Å². The Labute approximate surface area is 257 Å². The molecule has 1 saturated heterocycles. The number of hydrogen-bond donors (Lipinski definition) is 0. The molecule has 6 nitrogen and oxygen atoms in total. The Morgan fingerprint density at radius 3 is 2.48 bits per heavy atom. The molecule has 0 radical (unpaired) electrons. The lowest BCUT2D eigenvalue weighted by Gasteiger charge is -2.26. The predicted octanol–water partition coefficient (Wildman–Crippen LogP) is 6.78. The van der Waals surface area contributed by atoms with Crippen molar-refractivity contribution in [3.63, 3.8) is 0 Å². The van der Waals surface area contributed by atoms with E-state index in [0.717, 1.165) is 78.0 Å². The number of halogens is 2. The minimum absolute atomic E-state index is 0.0109. The van der Waals surface area contributed by atoms with Crippen LogP contribution in [0.1, 0.15) is 45.5 Å². The van der Waals surface area contributed by atoms with E-state index in [-0.39, 0.29) is 18.0 Å². The summed E-state index contributed by atoms with van der Waals surface area (Å²) in [6.45, 7) is 2.45. The lowest BCUT2D eigenvalue weighted by Crippen LogP contribution is -2.25. The molecule has 0 bridgehead atoms. The third-order valence-electron chi connectivity index (χ3n) is 7.74. The van der Waals surface area contributed by atoms with Crippen LogP contribution in [0.2, 0.25) is 10.0 Å². The molecule has 42 heavy (non-hydrogen) atoms. The van der Waals surface area contributed by atoms with Gasteiger partial charge in [0.2, 0.25) is 5.91 Å². The van der Waals surface area contributed by atoms with Crippen molar-refractivity contribution in [3.05, 3.63) is 111 Å². The van der Waals surface area contributed by atoms with Crippen LogP contribution in [0.15, 0.2) is 72.8 Å². The van der Waals surface area contributed by atoms with Gasteiger partial charge in [0.15, 0.2) is 0 Å². The maximum absolute atomic E-state index is 12.2. The zero-order valence-corrected chi connectivity index (χ0v) is 25.5. The number of carbonyl (C=O) groups is 2. The molecule has 2 aliphatic rings. The van der Waals surface area contributed by atoms with Gasteiger partial charge in [0.1, 0.15) is 11.9 Å². The number of rotatable bonds is 8. The predicted molar refractivity (Wildman–Crippen MR) is 168 cm³/mol. The summed E-state index contributed by atoms with van der Waals surface area (Å²) in [7, 11) is 4.89. The zero-order valence-electron chi connectivity index (χ0n) is 24.0. The molecule has 3 aromatic rings. The van der Waals surface area contributed by atoms with E-state index >= 15 is 0 Å². The third-order valence-corrected chi connectivity index (χ3v) is 8.29. The van der Waals surface area contributed by atoms with Crippen molar-refractivity contribution in [2.45, 2.75) is 25.4 Å². The second-order valence-corrected chi connectivity index (χ2v) is 11.6. The smallest absolute Gasteiger partial charge is 0.337 e. The van der Waals surface area contributed by atoms with Gasteiger partial charge in [-0.15, -0.1) is 0 Å². The Hall–Kier alpha value is -3.58. The highest BCUT2D eigenvalue weighted by Crippen LogP contribution is 2.43. The van der Waals surface area contributed by atoms with Crippen LogP contribution in [0.3, 0.4) is 0 Å². The number of ether oxygens (including phenoxy) is 2. The molecule has 1 heterocycles. The minimum atomic E-state index is -0.347. The summed E-state index contributed by atoms with van der Waals surface area (Å²) in [6.07, 6.45) is 6.08. The van der Waals surface area contributed by atoms with Crippen LogP contribution < -0.4 is 4.74 Å². The highest BCUT2D eigenvalue weighted by molar-refractivity contribution is 6.36. The number of likely N-dealkylation sites (N-methyl/N-ethyl adjacent to an activating group) is 1. The fourth-order valence-corrected chi connectivity index (χ4v) is 6.10. The number of hydrogen-bond acceptors (Lipinski definition) is 5. The first-order chi connectivity index (χ1) is 20.2. The lowest BCUT2D eigenvalue weighted by atomic mass is 9.79. The largest absolute Gasteiger partial charge is 0.489 e. The zero-order chi connectivity index (χ0) is 29.8. The number of fused-ring (bicyclic) bond motifs is 1. The number of methoxy groups -OCH3 is 1. The quantitative estimate of drug-likeness (QED) is 0.209. The van der Waals surface area contributed by atoms with Gasteiger partial charge < -0.3 is 14.4 Å². The highest BCUT2D eigenvalue weighted by atomic mass is 35.5. The summed E-state index contributed by atoms with van der Waals surface area (Å²) in [6, 6.07) is 19.5. The van der Waals surface area contributed by atoms with Crippen LogP contribution in [0.5, 0.6) is 5.75 Å². The first-order valence-electron chi connectivity index (χ1n) is 14.0. The summed E-state index contributed by atoms with van der Waals surface area (Å²) >= 11 is 12.9. The third kappa shape index (κ3) is 6.73. The number of aryl methyl sites for hydroxylation is 1. The van der Waals surface area contributed by atoms with E-state index in [4.69, 9.17) is 32.7 Å². The maximum atomic E-state index is 12.2. The van der Waals surface area contributed by atoms with Crippen LogP contribution in [-0.4, -0.2) is 68.6 Å². The molecule has 0 spiro atoms. The van der Waals surface area contributed by atoms with Crippen molar-refractivity contribution >= 4 is 46.2 Å². The Morgan fingerprint density at radius 1 is 1.00 bits per heavy atom. The summed E-state index contributed by atoms with van der Waals surface area (Å²) in [5, 5.41) is 1.20. The van der Waals surface area contributed by atoms with Crippen molar-refractivity contribution in [2.24, 2.45) is 0 Å². The van der Waals surface area contributed by atoms with E-state index in [1.807, 2.05) is 48.5 Å². The molecule has 0 saturated carbocycles. The van der Waals surface area contributed by atoms with Gasteiger partial charge in [0, 0.05) is 49.9 Å². The summed E-state index contributed by atoms with van der Waals surface area (Å²) in [5.74, 6) is 0.454. The van der Waals surface area contributed by atoms with Gasteiger partial charge >= 0.3 is 5.97 Å². The van der Waals surface area contributed by atoms with Crippen molar-refractivity contribution in [3.8, 4) is 5.75 Å². The molecule has 0 N–H and O–H groups in total. The number of nitrogens with zero attached hydrogens (tertiary/aromatic N) is 2. The van der Waals surface area contributed by atoms with Gasteiger partial charge in [0.05, 0.1) is 12.7 Å². The Balaban J connectivity index is 1.39. The maximum Gasteiger partial charge on any atom is 0.337 e. The molecule has 3 aromatic carbocycles. The van der Waals surface area contributed by atoms with Crippen LogP contribution >= 0.6 is 23.2 Å². The normalized spacial score (nSPS) is 16.9. The number of carbonyl (C=O) groups excluding carboxylic acids is 2. The summed E-state index contributed by atoms with van der Waals surface area (Å²) in [5.41, 5.74) is 6.90. The van der Waals surface area contributed by atoms with Gasteiger partial charge in [-0.25, -0.2) is 4.79 Å². The van der Waals surface area contributed by atoms with E-state index < -0.39 is 0 Å². The van der Waals surface area contributed by atoms with Gasteiger partial charge in [-0.05, 0) is 89.1 Å². The van der Waals surface area contributed by atoms with Gasteiger partial charge in [0.25, 0.3) is 0 Å². The molecule has 218 valence electrons.